The van der Waals surface area contributed by atoms with E-state index < -0.39 is 5.60 Å². The lowest BCUT2D eigenvalue weighted by molar-refractivity contribution is -0.151. The summed E-state index contributed by atoms with van der Waals surface area (Å²) < 4.78 is 1.66. The summed E-state index contributed by atoms with van der Waals surface area (Å²) in [5.41, 5.74) is 0.449. The van der Waals surface area contributed by atoms with E-state index in [1.54, 1.807) is 17.1 Å². The number of rotatable bonds is 4. The van der Waals surface area contributed by atoms with Crippen LogP contribution in [0.3, 0.4) is 0 Å². The van der Waals surface area contributed by atoms with Crippen molar-refractivity contribution in [1.82, 2.24) is 9.78 Å². The van der Waals surface area contributed by atoms with E-state index in [-0.39, 0.29) is 17.9 Å². The second-order valence-corrected chi connectivity index (χ2v) is 12.8. The monoisotopic (exact) mass is 451 g/mol. The maximum atomic E-state index is 13.7. The molecule has 1 aromatic rings. The summed E-state index contributed by atoms with van der Waals surface area (Å²) in [5, 5.41) is 24.1. The van der Waals surface area contributed by atoms with E-state index in [2.05, 4.69) is 31.9 Å². The largest absolute Gasteiger partial charge is 0.390 e. The SMILES string of the molecule is CC[C@@H]1C[C@H]2[C@@H]3CC[C@H]4C[C@](C)(O)CC[C@]4(C)[C@H]3CC[C@]2(C)[C@H]1C(=O)Cn1cc(C#N)cn1. The van der Waals surface area contributed by atoms with Crippen LogP contribution >= 0.6 is 0 Å². The summed E-state index contributed by atoms with van der Waals surface area (Å²) in [7, 11) is 0. The van der Waals surface area contributed by atoms with Crippen LogP contribution in [0.15, 0.2) is 12.4 Å². The van der Waals surface area contributed by atoms with Gasteiger partial charge in [0, 0.05) is 12.1 Å². The Hall–Kier alpha value is -1.67. The first-order valence-electron chi connectivity index (χ1n) is 13.3. The predicted molar refractivity (Wildman–Crippen MR) is 127 cm³/mol. The number of fused-ring (bicyclic) bond motifs is 5. The van der Waals surface area contributed by atoms with Gasteiger partial charge in [-0.3, -0.25) is 9.48 Å². The van der Waals surface area contributed by atoms with Crippen molar-refractivity contribution < 1.29 is 9.90 Å². The zero-order chi connectivity index (χ0) is 23.6. The number of carbonyl (C=O) groups is 1. The summed E-state index contributed by atoms with van der Waals surface area (Å²) in [6, 6.07) is 2.11. The molecular weight excluding hydrogens is 410 g/mol. The number of aromatic nitrogens is 2. The van der Waals surface area contributed by atoms with Gasteiger partial charge in [-0.2, -0.15) is 10.4 Å². The van der Waals surface area contributed by atoms with Gasteiger partial charge in [0.05, 0.1) is 23.9 Å². The van der Waals surface area contributed by atoms with E-state index >= 15 is 0 Å². The van der Waals surface area contributed by atoms with Gasteiger partial charge in [-0.15, -0.1) is 0 Å². The second-order valence-electron chi connectivity index (χ2n) is 12.8. The van der Waals surface area contributed by atoms with Gasteiger partial charge in [0.15, 0.2) is 5.78 Å². The Labute approximate surface area is 198 Å². The lowest BCUT2D eigenvalue weighted by Gasteiger charge is -2.61. The van der Waals surface area contributed by atoms with E-state index in [4.69, 9.17) is 5.26 Å². The molecule has 5 nitrogen and oxygen atoms in total. The molecule has 1 aromatic heterocycles. The van der Waals surface area contributed by atoms with Crippen LogP contribution in [0.1, 0.15) is 91.0 Å². The van der Waals surface area contributed by atoms with E-state index in [1.165, 1.54) is 25.7 Å². The zero-order valence-electron chi connectivity index (χ0n) is 20.9. The highest BCUT2D eigenvalue weighted by Gasteiger charge is 2.63. The second kappa shape index (κ2) is 7.94. The van der Waals surface area contributed by atoms with Crippen molar-refractivity contribution in [3.05, 3.63) is 18.0 Å². The van der Waals surface area contributed by atoms with Crippen molar-refractivity contribution in [3.63, 3.8) is 0 Å². The average molecular weight is 452 g/mol. The third kappa shape index (κ3) is 3.59. The minimum atomic E-state index is -0.490. The summed E-state index contributed by atoms with van der Waals surface area (Å²) in [6.45, 7) is 9.54. The van der Waals surface area contributed by atoms with Crippen molar-refractivity contribution in [2.75, 3.05) is 0 Å². The molecule has 9 atom stereocenters. The molecule has 0 aromatic carbocycles. The van der Waals surface area contributed by atoms with Crippen molar-refractivity contribution in [2.45, 2.75) is 97.6 Å². The molecule has 1 heterocycles. The number of ketones is 1. The number of aliphatic hydroxyl groups is 1. The van der Waals surface area contributed by atoms with Gasteiger partial charge in [0.2, 0.25) is 0 Å². The standard InChI is InChI=1S/C28H41N3O2/c1-5-19-12-23-21-7-6-20-13-26(2,33)10-11-27(20,3)22(21)8-9-28(23,4)25(19)24(32)17-31-16-18(14-29)15-30-31/h15-16,19-23,25,33H,5-13,17H2,1-4H3/t19-,20+,21-,22+,23+,25-,26-,27+,28+/m1/s1. The van der Waals surface area contributed by atoms with Gasteiger partial charge in [0.25, 0.3) is 0 Å². The predicted octanol–water partition coefficient (Wildman–Crippen LogP) is 5.37. The van der Waals surface area contributed by atoms with Crippen molar-refractivity contribution in [1.29, 1.82) is 5.26 Å². The van der Waals surface area contributed by atoms with Gasteiger partial charge in [-0.05, 0) is 98.7 Å². The van der Waals surface area contributed by atoms with E-state index in [0.717, 1.165) is 43.9 Å². The molecule has 1 N–H and O–H groups in total. The minimum absolute atomic E-state index is 0.0769. The van der Waals surface area contributed by atoms with Gasteiger partial charge in [-0.25, -0.2) is 0 Å². The lowest BCUT2D eigenvalue weighted by atomic mass is 9.44. The molecule has 0 spiro atoms. The Bertz CT molecular complexity index is 961. The molecule has 180 valence electrons. The molecule has 0 aliphatic heterocycles. The zero-order valence-corrected chi connectivity index (χ0v) is 20.9. The fraction of sp³-hybridized carbons (Fsp3) is 0.821. The highest BCUT2D eigenvalue weighted by Crippen LogP contribution is 2.69. The Morgan fingerprint density at radius 1 is 1.18 bits per heavy atom. The highest BCUT2D eigenvalue weighted by molar-refractivity contribution is 5.82. The van der Waals surface area contributed by atoms with E-state index in [9.17, 15) is 9.90 Å². The Kier molecular flexibility index (Phi) is 5.55. The quantitative estimate of drug-likeness (QED) is 0.667. The maximum Gasteiger partial charge on any atom is 0.158 e. The Morgan fingerprint density at radius 2 is 1.97 bits per heavy atom. The first kappa shape index (κ1) is 23.1. The molecule has 4 aliphatic carbocycles. The number of hydrogen-bond acceptors (Lipinski definition) is 4. The summed E-state index contributed by atoms with van der Waals surface area (Å²) >= 11 is 0. The minimum Gasteiger partial charge on any atom is -0.390 e. The Balaban J connectivity index is 1.39. The first-order valence-corrected chi connectivity index (χ1v) is 13.3. The van der Waals surface area contributed by atoms with Crippen LogP contribution in [0.2, 0.25) is 0 Å². The van der Waals surface area contributed by atoms with Crippen molar-refractivity contribution >= 4 is 5.78 Å². The van der Waals surface area contributed by atoms with Crippen molar-refractivity contribution in [3.8, 4) is 6.07 Å². The maximum absolute atomic E-state index is 13.7. The number of carbonyl (C=O) groups excluding carboxylic acids is 1. The molecule has 4 saturated carbocycles. The Morgan fingerprint density at radius 3 is 2.67 bits per heavy atom. The number of Topliss-reactive ketones (excluding diaryl/α,β-unsaturated/α-hetero) is 1. The van der Waals surface area contributed by atoms with Crippen LogP contribution < -0.4 is 0 Å². The van der Waals surface area contributed by atoms with Gasteiger partial charge < -0.3 is 5.11 Å². The molecule has 4 aliphatic rings. The number of nitrogens with zero attached hydrogens (tertiary/aromatic N) is 3. The molecule has 0 unspecified atom stereocenters. The number of hydrogen-bond donors (Lipinski definition) is 1. The normalized spacial score (nSPS) is 46.7. The third-order valence-corrected chi connectivity index (χ3v) is 11.1. The number of nitriles is 1. The topological polar surface area (TPSA) is 78.9 Å². The fourth-order valence-corrected chi connectivity index (χ4v) is 9.41. The average Bonchev–Trinajstić information content (AvgIpc) is 3.35. The molecular formula is C28H41N3O2. The van der Waals surface area contributed by atoms with Crippen LogP contribution in [0.5, 0.6) is 0 Å². The molecule has 0 bridgehead atoms. The van der Waals surface area contributed by atoms with Crippen LogP contribution in [0, 0.1) is 57.7 Å². The van der Waals surface area contributed by atoms with Gasteiger partial charge in [0.1, 0.15) is 6.07 Å². The van der Waals surface area contributed by atoms with Crippen molar-refractivity contribution in [2.24, 2.45) is 46.3 Å². The fourth-order valence-electron chi connectivity index (χ4n) is 9.41. The summed E-state index contributed by atoms with van der Waals surface area (Å²) in [5.74, 6) is 3.59. The highest BCUT2D eigenvalue weighted by atomic mass is 16.3. The van der Waals surface area contributed by atoms with Gasteiger partial charge >= 0.3 is 0 Å². The molecule has 33 heavy (non-hydrogen) atoms. The molecule has 0 amide bonds. The smallest absolute Gasteiger partial charge is 0.158 e. The molecule has 0 radical (unpaired) electrons. The molecule has 0 saturated heterocycles. The van der Waals surface area contributed by atoms with E-state index in [0.29, 0.717) is 34.5 Å². The molecule has 5 heteroatoms. The third-order valence-electron chi connectivity index (χ3n) is 11.1. The van der Waals surface area contributed by atoms with E-state index in [1.807, 2.05) is 6.92 Å². The molecule has 5 rings (SSSR count). The van der Waals surface area contributed by atoms with Crippen LogP contribution in [0.4, 0.5) is 0 Å². The van der Waals surface area contributed by atoms with Gasteiger partial charge in [-0.1, -0.05) is 27.2 Å². The van der Waals surface area contributed by atoms with Crippen LogP contribution in [0.25, 0.3) is 0 Å². The summed E-state index contributed by atoms with van der Waals surface area (Å²) in [4.78, 5) is 13.7. The van der Waals surface area contributed by atoms with Crippen LogP contribution in [-0.2, 0) is 11.3 Å². The lowest BCUT2D eigenvalue weighted by Crippen LogP contribution is -2.55. The summed E-state index contributed by atoms with van der Waals surface area (Å²) in [6.07, 6.45) is 13.4. The first-order chi connectivity index (χ1) is 15.6. The molecule has 4 fully saturated rings. The van der Waals surface area contributed by atoms with Crippen LogP contribution in [-0.4, -0.2) is 26.3 Å².